The third-order valence-corrected chi connectivity index (χ3v) is 4.90. The van der Waals surface area contributed by atoms with E-state index in [1.54, 1.807) is 17.4 Å². The average Bonchev–Trinajstić information content (AvgIpc) is 2.67. The van der Waals surface area contributed by atoms with Crippen molar-refractivity contribution in [2.45, 2.75) is 6.04 Å². The molecule has 0 saturated heterocycles. The zero-order valence-electron chi connectivity index (χ0n) is 8.08. The quantitative estimate of drug-likeness (QED) is 0.836. The number of hydrogen-bond acceptors (Lipinski definition) is 2. The molecule has 1 aromatic heterocycles. The van der Waals surface area contributed by atoms with E-state index in [0.29, 0.717) is 0 Å². The first-order chi connectivity index (χ1) is 7.59. The van der Waals surface area contributed by atoms with Gasteiger partial charge in [-0.15, -0.1) is 11.3 Å². The number of nitrogens with two attached hydrogens (primary N) is 1. The maximum Gasteiger partial charge on any atom is 0.123 e. The maximum atomic E-state index is 13.2. The standard InChI is InChI=1S/C11H8Br2FNS/c12-8-2-1-6(14)5-7(8)10(15)11-9(13)3-4-16-11/h1-5,10H,15H2. The van der Waals surface area contributed by atoms with Gasteiger partial charge in [0.2, 0.25) is 0 Å². The average molecular weight is 365 g/mol. The Bertz CT molecular complexity index is 512. The predicted molar refractivity (Wildman–Crippen MR) is 72.1 cm³/mol. The molecule has 1 atom stereocenters. The van der Waals surface area contributed by atoms with Crippen molar-refractivity contribution in [2.24, 2.45) is 5.73 Å². The number of benzene rings is 1. The van der Waals surface area contributed by atoms with Crippen molar-refractivity contribution in [3.8, 4) is 0 Å². The molecular weight excluding hydrogens is 357 g/mol. The van der Waals surface area contributed by atoms with Crippen molar-refractivity contribution in [1.29, 1.82) is 0 Å². The maximum absolute atomic E-state index is 13.2. The van der Waals surface area contributed by atoms with Gasteiger partial charge in [0.1, 0.15) is 5.82 Å². The highest BCUT2D eigenvalue weighted by Crippen LogP contribution is 2.34. The van der Waals surface area contributed by atoms with Crippen molar-refractivity contribution in [2.75, 3.05) is 0 Å². The lowest BCUT2D eigenvalue weighted by Gasteiger charge is -2.13. The molecule has 2 rings (SSSR count). The summed E-state index contributed by atoms with van der Waals surface area (Å²) in [6, 6.07) is 6.16. The van der Waals surface area contributed by atoms with E-state index in [2.05, 4.69) is 31.9 Å². The Labute approximate surface area is 114 Å². The summed E-state index contributed by atoms with van der Waals surface area (Å²) in [6.45, 7) is 0. The zero-order valence-corrected chi connectivity index (χ0v) is 12.1. The molecule has 2 N–H and O–H groups in total. The molecule has 0 aliphatic carbocycles. The first-order valence-corrected chi connectivity index (χ1v) is 6.99. The first-order valence-electron chi connectivity index (χ1n) is 4.53. The fraction of sp³-hybridized carbons (Fsp3) is 0.0909. The SMILES string of the molecule is NC(c1cc(F)ccc1Br)c1sccc1Br. The largest absolute Gasteiger partial charge is 0.320 e. The Hall–Kier alpha value is -0.230. The van der Waals surface area contributed by atoms with Crippen LogP contribution in [0.15, 0.2) is 38.6 Å². The predicted octanol–water partition coefficient (Wildman–Crippen LogP) is 4.46. The van der Waals surface area contributed by atoms with E-state index in [1.165, 1.54) is 12.1 Å². The van der Waals surface area contributed by atoms with Crippen LogP contribution in [0.4, 0.5) is 4.39 Å². The van der Waals surface area contributed by atoms with Gasteiger partial charge in [-0.2, -0.15) is 0 Å². The lowest BCUT2D eigenvalue weighted by molar-refractivity contribution is 0.623. The summed E-state index contributed by atoms with van der Waals surface area (Å²) in [5.41, 5.74) is 6.87. The van der Waals surface area contributed by atoms with Gasteiger partial charge in [-0.05, 0) is 51.1 Å². The molecule has 0 bridgehead atoms. The molecule has 0 amide bonds. The number of halogens is 3. The van der Waals surface area contributed by atoms with Crippen LogP contribution in [0, 0.1) is 5.82 Å². The summed E-state index contributed by atoms with van der Waals surface area (Å²) in [5.74, 6) is -0.277. The van der Waals surface area contributed by atoms with Crippen molar-refractivity contribution in [1.82, 2.24) is 0 Å². The molecule has 1 heterocycles. The third-order valence-electron chi connectivity index (χ3n) is 2.22. The molecule has 16 heavy (non-hydrogen) atoms. The monoisotopic (exact) mass is 363 g/mol. The topological polar surface area (TPSA) is 26.0 Å². The molecule has 0 fully saturated rings. The van der Waals surface area contributed by atoms with E-state index in [9.17, 15) is 4.39 Å². The van der Waals surface area contributed by atoms with Crippen LogP contribution < -0.4 is 5.73 Å². The third kappa shape index (κ3) is 2.37. The molecule has 1 unspecified atom stereocenters. The van der Waals surface area contributed by atoms with Gasteiger partial charge in [-0.3, -0.25) is 0 Å². The second-order valence-corrected chi connectivity index (χ2v) is 5.93. The second kappa shape index (κ2) is 4.96. The van der Waals surface area contributed by atoms with Crippen LogP contribution >= 0.6 is 43.2 Å². The summed E-state index contributed by atoms with van der Waals surface area (Å²) in [5, 5.41) is 1.95. The lowest BCUT2D eigenvalue weighted by Crippen LogP contribution is -2.11. The summed E-state index contributed by atoms with van der Waals surface area (Å²) >= 11 is 8.36. The lowest BCUT2D eigenvalue weighted by atomic mass is 10.1. The highest BCUT2D eigenvalue weighted by molar-refractivity contribution is 9.10. The number of thiophene rings is 1. The molecule has 0 aliphatic rings. The summed E-state index contributed by atoms with van der Waals surface area (Å²) in [4.78, 5) is 0.992. The van der Waals surface area contributed by atoms with E-state index >= 15 is 0 Å². The first kappa shape index (κ1) is 12.2. The molecule has 1 aromatic carbocycles. The minimum Gasteiger partial charge on any atom is -0.320 e. The zero-order chi connectivity index (χ0) is 11.7. The highest BCUT2D eigenvalue weighted by atomic mass is 79.9. The van der Waals surface area contributed by atoms with Gasteiger partial charge in [0.05, 0.1) is 6.04 Å². The van der Waals surface area contributed by atoms with Gasteiger partial charge in [0.25, 0.3) is 0 Å². The molecule has 1 nitrogen and oxygen atoms in total. The Kier molecular flexibility index (Phi) is 3.79. The van der Waals surface area contributed by atoms with Crippen LogP contribution in [0.1, 0.15) is 16.5 Å². The fourth-order valence-corrected chi connectivity index (χ4v) is 3.55. The smallest absolute Gasteiger partial charge is 0.123 e. The Morgan fingerprint density at radius 1 is 1.19 bits per heavy atom. The van der Waals surface area contributed by atoms with Gasteiger partial charge in [-0.1, -0.05) is 15.9 Å². The van der Waals surface area contributed by atoms with Gasteiger partial charge in [0.15, 0.2) is 0 Å². The molecular formula is C11H8Br2FNS. The fourth-order valence-electron chi connectivity index (χ4n) is 1.42. The van der Waals surface area contributed by atoms with E-state index < -0.39 is 0 Å². The van der Waals surface area contributed by atoms with E-state index in [0.717, 1.165) is 19.4 Å². The van der Waals surface area contributed by atoms with Crippen LogP contribution in [0.25, 0.3) is 0 Å². The van der Waals surface area contributed by atoms with Gasteiger partial charge >= 0.3 is 0 Å². The van der Waals surface area contributed by atoms with E-state index in [4.69, 9.17) is 5.73 Å². The van der Waals surface area contributed by atoms with Crippen LogP contribution in [-0.2, 0) is 0 Å². The number of rotatable bonds is 2. The van der Waals surface area contributed by atoms with Crippen molar-refractivity contribution in [3.63, 3.8) is 0 Å². The minimum absolute atomic E-state index is 0.277. The normalized spacial score (nSPS) is 12.8. The second-order valence-electron chi connectivity index (χ2n) is 3.28. The summed E-state index contributed by atoms with van der Waals surface area (Å²) in [7, 11) is 0. The van der Waals surface area contributed by atoms with Crippen molar-refractivity contribution >= 4 is 43.2 Å². The summed E-state index contributed by atoms with van der Waals surface area (Å²) in [6.07, 6.45) is 0. The Morgan fingerprint density at radius 3 is 2.56 bits per heavy atom. The molecule has 84 valence electrons. The van der Waals surface area contributed by atoms with Crippen LogP contribution in [0.3, 0.4) is 0 Å². The molecule has 0 aliphatic heterocycles. The summed E-state index contributed by atoms with van der Waals surface area (Å²) < 4.78 is 14.9. The van der Waals surface area contributed by atoms with E-state index in [-0.39, 0.29) is 11.9 Å². The van der Waals surface area contributed by atoms with Crippen molar-refractivity contribution in [3.05, 3.63) is 54.8 Å². The molecule has 5 heteroatoms. The van der Waals surface area contributed by atoms with Gasteiger partial charge in [-0.25, -0.2) is 4.39 Å². The molecule has 0 radical (unpaired) electrons. The Morgan fingerprint density at radius 2 is 1.94 bits per heavy atom. The van der Waals surface area contributed by atoms with Gasteiger partial charge < -0.3 is 5.73 Å². The van der Waals surface area contributed by atoms with Gasteiger partial charge in [0, 0.05) is 13.8 Å². The van der Waals surface area contributed by atoms with Crippen molar-refractivity contribution < 1.29 is 4.39 Å². The highest BCUT2D eigenvalue weighted by Gasteiger charge is 2.16. The Balaban J connectivity index is 2.45. The van der Waals surface area contributed by atoms with Crippen LogP contribution in [0.5, 0.6) is 0 Å². The minimum atomic E-state index is -0.320. The van der Waals surface area contributed by atoms with Crippen LogP contribution in [-0.4, -0.2) is 0 Å². The molecule has 0 spiro atoms. The van der Waals surface area contributed by atoms with Crippen LogP contribution in [0.2, 0.25) is 0 Å². The number of hydrogen-bond donors (Lipinski definition) is 1. The van der Waals surface area contributed by atoms with E-state index in [1.807, 2.05) is 11.4 Å². The molecule has 2 aromatic rings. The molecule has 0 saturated carbocycles.